The Bertz CT molecular complexity index is 523. The van der Waals surface area contributed by atoms with E-state index in [0.717, 1.165) is 51.2 Å². The van der Waals surface area contributed by atoms with Gasteiger partial charge in [0.1, 0.15) is 0 Å². The minimum atomic E-state index is 0.119. The standard InChI is InChI=1S/C19H28N2O2S/c1-2-21(15-18-4-3-11-23-18)19(22)17-7-5-16(6-8-17)14-20-9-12-24-13-10-20/h5-8,18H,2-4,9-15H2,1H3/t18-/m0/s1. The first kappa shape index (κ1) is 17.8. The molecule has 3 rings (SSSR count). The lowest BCUT2D eigenvalue weighted by Crippen LogP contribution is -2.37. The molecule has 1 aromatic carbocycles. The van der Waals surface area contributed by atoms with E-state index < -0.39 is 0 Å². The molecule has 0 unspecified atom stereocenters. The zero-order valence-electron chi connectivity index (χ0n) is 14.6. The van der Waals surface area contributed by atoms with Crippen molar-refractivity contribution in [3.05, 3.63) is 35.4 Å². The Morgan fingerprint density at radius 2 is 2.04 bits per heavy atom. The molecule has 1 atom stereocenters. The summed E-state index contributed by atoms with van der Waals surface area (Å²) in [5, 5.41) is 0. The van der Waals surface area contributed by atoms with E-state index in [1.807, 2.05) is 35.7 Å². The molecule has 2 aliphatic heterocycles. The Hall–Kier alpha value is -1.04. The van der Waals surface area contributed by atoms with E-state index in [2.05, 4.69) is 17.0 Å². The molecular weight excluding hydrogens is 320 g/mol. The van der Waals surface area contributed by atoms with Crippen LogP contribution in [0.3, 0.4) is 0 Å². The molecule has 0 aromatic heterocycles. The molecule has 1 amide bonds. The highest BCUT2D eigenvalue weighted by Gasteiger charge is 2.22. The first-order chi connectivity index (χ1) is 11.8. The molecule has 0 saturated carbocycles. The fourth-order valence-electron chi connectivity index (χ4n) is 3.34. The highest BCUT2D eigenvalue weighted by atomic mass is 32.2. The number of hydrogen-bond donors (Lipinski definition) is 0. The number of carbonyl (C=O) groups is 1. The minimum absolute atomic E-state index is 0.119. The number of ether oxygens (including phenoxy) is 1. The van der Waals surface area contributed by atoms with Crippen LogP contribution in [-0.2, 0) is 11.3 Å². The maximum Gasteiger partial charge on any atom is 0.253 e. The number of likely N-dealkylation sites (N-methyl/N-ethyl adjacent to an activating group) is 1. The molecule has 0 radical (unpaired) electrons. The van der Waals surface area contributed by atoms with Gasteiger partial charge >= 0.3 is 0 Å². The van der Waals surface area contributed by atoms with Crippen LogP contribution < -0.4 is 0 Å². The zero-order valence-corrected chi connectivity index (χ0v) is 15.4. The molecule has 132 valence electrons. The maximum absolute atomic E-state index is 12.7. The second-order valence-electron chi connectivity index (χ2n) is 6.56. The maximum atomic E-state index is 12.7. The highest BCUT2D eigenvalue weighted by molar-refractivity contribution is 7.99. The van der Waals surface area contributed by atoms with Gasteiger partial charge in [-0.25, -0.2) is 0 Å². The lowest BCUT2D eigenvalue weighted by molar-refractivity contribution is 0.0539. The van der Waals surface area contributed by atoms with E-state index in [-0.39, 0.29) is 12.0 Å². The summed E-state index contributed by atoms with van der Waals surface area (Å²) in [6, 6.07) is 8.17. The van der Waals surface area contributed by atoms with Crippen molar-refractivity contribution in [1.29, 1.82) is 0 Å². The van der Waals surface area contributed by atoms with Gasteiger partial charge in [-0.1, -0.05) is 12.1 Å². The van der Waals surface area contributed by atoms with Crippen molar-refractivity contribution >= 4 is 17.7 Å². The molecule has 0 N–H and O–H groups in total. The van der Waals surface area contributed by atoms with E-state index in [9.17, 15) is 4.79 Å². The highest BCUT2D eigenvalue weighted by Crippen LogP contribution is 2.17. The minimum Gasteiger partial charge on any atom is -0.376 e. The van der Waals surface area contributed by atoms with Gasteiger partial charge in [-0.05, 0) is 37.5 Å². The molecule has 4 nitrogen and oxygen atoms in total. The number of hydrogen-bond acceptors (Lipinski definition) is 4. The predicted octanol–water partition coefficient (Wildman–Crippen LogP) is 2.88. The lowest BCUT2D eigenvalue weighted by atomic mass is 10.1. The summed E-state index contributed by atoms with van der Waals surface area (Å²) in [5.74, 6) is 2.57. The second kappa shape index (κ2) is 8.88. The molecule has 5 heteroatoms. The van der Waals surface area contributed by atoms with Crippen LogP contribution in [0, 0.1) is 0 Å². The average Bonchev–Trinajstić information content (AvgIpc) is 3.14. The van der Waals surface area contributed by atoms with Crippen molar-refractivity contribution < 1.29 is 9.53 Å². The van der Waals surface area contributed by atoms with Gasteiger partial charge in [0.2, 0.25) is 0 Å². The quantitative estimate of drug-likeness (QED) is 0.791. The number of thioether (sulfide) groups is 1. The van der Waals surface area contributed by atoms with Gasteiger partial charge in [0.25, 0.3) is 5.91 Å². The van der Waals surface area contributed by atoms with Crippen LogP contribution in [-0.4, -0.2) is 66.1 Å². The topological polar surface area (TPSA) is 32.8 Å². The van der Waals surface area contributed by atoms with E-state index >= 15 is 0 Å². The molecule has 2 fully saturated rings. The Balaban J connectivity index is 1.57. The van der Waals surface area contributed by atoms with Crippen LogP contribution in [0.1, 0.15) is 35.7 Å². The number of amides is 1. The smallest absolute Gasteiger partial charge is 0.253 e. The van der Waals surface area contributed by atoms with Gasteiger partial charge < -0.3 is 9.64 Å². The van der Waals surface area contributed by atoms with Crippen molar-refractivity contribution in [2.24, 2.45) is 0 Å². The molecule has 2 aliphatic rings. The van der Waals surface area contributed by atoms with Crippen LogP contribution in [0.4, 0.5) is 0 Å². The molecule has 2 saturated heterocycles. The predicted molar refractivity (Wildman–Crippen MR) is 99.6 cm³/mol. The zero-order chi connectivity index (χ0) is 16.8. The van der Waals surface area contributed by atoms with Gasteiger partial charge in [-0.3, -0.25) is 9.69 Å². The van der Waals surface area contributed by atoms with E-state index in [1.54, 1.807) is 0 Å². The van der Waals surface area contributed by atoms with Crippen LogP contribution in [0.5, 0.6) is 0 Å². The largest absolute Gasteiger partial charge is 0.376 e. The fourth-order valence-corrected chi connectivity index (χ4v) is 4.32. The summed E-state index contributed by atoms with van der Waals surface area (Å²) in [6.45, 7) is 7.62. The van der Waals surface area contributed by atoms with Gasteiger partial charge in [0, 0.05) is 56.4 Å². The van der Waals surface area contributed by atoms with Crippen molar-refractivity contribution in [1.82, 2.24) is 9.80 Å². The number of carbonyl (C=O) groups excluding carboxylic acids is 1. The van der Waals surface area contributed by atoms with E-state index in [4.69, 9.17) is 4.74 Å². The first-order valence-corrected chi connectivity index (χ1v) is 10.2. The number of nitrogens with zero attached hydrogens (tertiary/aromatic N) is 2. The molecule has 2 heterocycles. The Labute approximate surface area is 149 Å². The fraction of sp³-hybridized carbons (Fsp3) is 0.632. The molecule has 0 spiro atoms. The van der Waals surface area contributed by atoms with Crippen molar-refractivity contribution in [3.63, 3.8) is 0 Å². The van der Waals surface area contributed by atoms with Gasteiger partial charge in [0.05, 0.1) is 6.10 Å². The number of benzene rings is 1. The monoisotopic (exact) mass is 348 g/mol. The van der Waals surface area contributed by atoms with E-state index in [0.29, 0.717) is 6.54 Å². The summed E-state index contributed by atoms with van der Waals surface area (Å²) >= 11 is 2.03. The molecule has 1 aromatic rings. The Morgan fingerprint density at radius 3 is 2.67 bits per heavy atom. The third kappa shape index (κ3) is 4.74. The van der Waals surface area contributed by atoms with Crippen LogP contribution in [0.25, 0.3) is 0 Å². The summed E-state index contributed by atoms with van der Waals surface area (Å²) in [5.41, 5.74) is 2.08. The van der Waals surface area contributed by atoms with Gasteiger partial charge in [0.15, 0.2) is 0 Å². The van der Waals surface area contributed by atoms with Crippen molar-refractivity contribution in [2.45, 2.75) is 32.4 Å². The third-order valence-corrected chi connectivity index (χ3v) is 5.77. The summed E-state index contributed by atoms with van der Waals surface area (Å²) in [7, 11) is 0. The SMILES string of the molecule is CCN(C[C@@H]1CCCO1)C(=O)c1ccc(CN2CCSCC2)cc1. The molecule has 0 bridgehead atoms. The Kier molecular flexibility index (Phi) is 6.58. The summed E-state index contributed by atoms with van der Waals surface area (Å²) in [6.07, 6.45) is 2.39. The normalized spacial score (nSPS) is 21.8. The molecule has 0 aliphatic carbocycles. The van der Waals surface area contributed by atoms with Crippen molar-refractivity contribution in [3.8, 4) is 0 Å². The van der Waals surface area contributed by atoms with Gasteiger partial charge in [-0.15, -0.1) is 0 Å². The molecule has 24 heavy (non-hydrogen) atoms. The van der Waals surface area contributed by atoms with E-state index in [1.165, 1.54) is 17.1 Å². The second-order valence-corrected chi connectivity index (χ2v) is 7.79. The number of rotatable bonds is 6. The molecular formula is C19H28N2O2S. The average molecular weight is 349 g/mol. The third-order valence-electron chi connectivity index (χ3n) is 4.83. The summed E-state index contributed by atoms with van der Waals surface area (Å²) in [4.78, 5) is 17.1. The first-order valence-electron chi connectivity index (χ1n) is 9.06. The van der Waals surface area contributed by atoms with Crippen LogP contribution in [0.2, 0.25) is 0 Å². The van der Waals surface area contributed by atoms with Gasteiger partial charge in [-0.2, -0.15) is 11.8 Å². The van der Waals surface area contributed by atoms with Crippen LogP contribution >= 0.6 is 11.8 Å². The van der Waals surface area contributed by atoms with Crippen molar-refractivity contribution in [2.75, 3.05) is 44.3 Å². The Morgan fingerprint density at radius 1 is 1.29 bits per heavy atom. The van der Waals surface area contributed by atoms with Crippen LogP contribution in [0.15, 0.2) is 24.3 Å². The lowest BCUT2D eigenvalue weighted by Gasteiger charge is -2.26. The summed E-state index contributed by atoms with van der Waals surface area (Å²) < 4.78 is 5.67.